The topological polar surface area (TPSA) is 66.5 Å². The molecule has 0 aliphatic carbocycles. The average Bonchev–Trinajstić information content (AvgIpc) is 2.64. The zero-order valence-electron chi connectivity index (χ0n) is 17.1. The number of benzene rings is 2. The third-order valence-electron chi connectivity index (χ3n) is 4.77. The molecule has 1 atom stereocenters. The highest BCUT2D eigenvalue weighted by Crippen LogP contribution is 2.23. The predicted molar refractivity (Wildman–Crippen MR) is 115 cm³/mol. The van der Waals surface area contributed by atoms with E-state index in [4.69, 9.17) is 0 Å². The zero-order chi connectivity index (χ0) is 20.7. The summed E-state index contributed by atoms with van der Waals surface area (Å²) in [4.78, 5) is 12.4. The first kappa shape index (κ1) is 22.0. The van der Waals surface area contributed by atoms with Crippen LogP contribution in [0.1, 0.15) is 48.9 Å². The third kappa shape index (κ3) is 6.09. The summed E-state index contributed by atoms with van der Waals surface area (Å²) in [7, 11) is -3.41. The zero-order valence-corrected chi connectivity index (χ0v) is 17.9. The van der Waals surface area contributed by atoms with Gasteiger partial charge in [0.25, 0.3) is 0 Å². The number of nitrogens with one attached hydrogen (secondary N) is 1. The van der Waals surface area contributed by atoms with Crippen molar-refractivity contribution in [3.05, 3.63) is 65.2 Å². The minimum atomic E-state index is -3.41. The summed E-state index contributed by atoms with van der Waals surface area (Å²) in [5.41, 5.74) is 3.82. The molecule has 0 saturated carbocycles. The molecule has 0 spiro atoms. The van der Waals surface area contributed by atoms with E-state index in [2.05, 4.69) is 5.32 Å². The lowest BCUT2D eigenvalue weighted by molar-refractivity contribution is -0.121. The summed E-state index contributed by atoms with van der Waals surface area (Å²) >= 11 is 0. The Morgan fingerprint density at radius 2 is 1.71 bits per heavy atom. The van der Waals surface area contributed by atoms with Crippen molar-refractivity contribution in [3.63, 3.8) is 0 Å². The van der Waals surface area contributed by atoms with E-state index in [-0.39, 0.29) is 24.9 Å². The minimum Gasteiger partial charge on any atom is -0.349 e. The number of carbonyl (C=O) groups excluding carboxylic acids is 1. The van der Waals surface area contributed by atoms with Crippen molar-refractivity contribution in [2.75, 3.05) is 17.1 Å². The average molecular weight is 403 g/mol. The van der Waals surface area contributed by atoms with Crippen LogP contribution in [0.15, 0.2) is 48.5 Å². The Balaban J connectivity index is 1.97. The van der Waals surface area contributed by atoms with Gasteiger partial charge in [-0.2, -0.15) is 0 Å². The number of hydrogen-bond donors (Lipinski definition) is 1. The molecule has 2 aromatic rings. The molecule has 0 fully saturated rings. The van der Waals surface area contributed by atoms with E-state index in [0.717, 1.165) is 17.5 Å². The van der Waals surface area contributed by atoms with E-state index >= 15 is 0 Å². The van der Waals surface area contributed by atoms with Gasteiger partial charge >= 0.3 is 0 Å². The maximum atomic E-state index is 12.4. The van der Waals surface area contributed by atoms with Gasteiger partial charge in [0.1, 0.15) is 0 Å². The molecule has 2 rings (SSSR count). The molecule has 1 N–H and O–H groups in total. The minimum absolute atomic E-state index is 0.0320. The Bertz CT molecular complexity index is 892. The van der Waals surface area contributed by atoms with Gasteiger partial charge in [-0.1, -0.05) is 55.0 Å². The van der Waals surface area contributed by atoms with Gasteiger partial charge in [-0.05, 0) is 43.9 Å². The lowest BCUT2D eigenvalue weighted by atomic mass is 10.0. The summed E-state index contributed by atoms with van der Waals surface area (Å²) in [6.07, 6.45) is 2.73. The van der Waals surface area contributed by atoms with Crippen molar-refractivity contribution in [3.8, 4) is 0 Å². The molecule has 6 heteroatoms. The first-order valence-corrected chi connectivity index (χ1v) is 11.5. The lowest BCUT2D eigenvalue weighted by Crippen LogP contribution is -2.33. The van der Waals surface area contributed by atoms with E-state index in [1.165, 1.54) is 16.1 Å². The van der Waals surface area contributed by atoms with Gasteiger partial charge in [0.2, 0.25) is 15.9 Å². The van der Waals surface area contributed by atoms with Crippen molar-refractivity contribution in [2.45, 2.75) is 46.1 Å². The van der Waals surface area contributed by atoms with Crippen molar-refractivity contribution >= 4 is 21.6 Å². The SMILES string of the molecule is CC[C@@H](NC(=O)CCCN(c1ccccc1C)S(C)(=O)=O)c1ccc(C)cc1. The van der Waals surface area contributed by atoms with Crippen LogP contribution in [-0.4, -0.2) is 27.1 Å². The number of rotatable bonds is 9. The van der Waals surface area contributed by atoms with Gasteiger partial charge < -0.3 is 5.32 Å². The van der Waals surface area contributed by atoms with Crippen molar-refractivity contribution in [1.29, 1.82) is 0 Å². The fourth-order valence-electron chi connectivity index (χ4n) is 3.18. The van der Waals surface area contributed by atoms with Gasteiger partial charge in [-0.3, -0.25) is 9.10 Å². The second kappa shape index (κ2) is 9.73. The highest BCUT2D eigenvalue weighted by atomic mass is 32.2. The predicted octanol–water partition coefficient (Wildman–Crippen LogP) is 4.12. The number of aryl methyl sites for hydroxylation is 2. The summed E-state index contributed by atoms with van der Waals surface area (Å²) in [5.74, 6) is -0.0642. The maximum Gasteiger partial charge on any atom is 0.232 e. The van der Waals surface area contributed by atoms with Crippen LogP contribution in [0.4, 0.5) is 5.69 Å². The molecule has 152 valence electrons. The summed E-state index contributed by atoms with van der Waals surface area (Å²) in [5, 5.41) is 3.06. The van der Waals surface area contributed by atoms with Crippen LogP contribution >= 0.6 is 0 Å². The number of sulfonamides is 1. The molecule has 0 aliphatic rings. The first-order chi connectivity index (χ1) is 13.2. The Morgan fingerprint density at radius 3 is 2.29 bits per heavy atom. The van der Waals surface area contributed by atoms with E-state index in [1.54, 1.807) is 6.07 Å². The van der Waals surface area contributed by atoms with E-state index < -0.39 is 10.0 Å². The third-order valence-corrected chi connectivity index (χ3v) is 5.95. The number of nitrogens with zero attached hydrogens (tertiary/aromatic N) is 1. The fourth-order valence-corrected chi connectivity index (χ4v) is 4.20. The van der Waals surface area contributed by atoms with Gasteiger partial charge in [-0.25, -0.2) is 8.42 Å². The van der Waals surface area contributed by atoms with Crippen LogP contribution in [0, 0.1) is 13.8 Å². The molecule has 5 nitrogen and oxygen atoms in total. The summed E-state index contributed by atoms with van der Waals surface area (Å²) in [6, 6.07) is 15.5. The molecular formula is C22H30N2O3S. The number of carbonyl (C=O) groups is 1. The summed E-state index contributed by atoms with van der Waals surface area (Å²) in [6.45, 7) is 6.23. The number of hydrogen-bond acceptors (Lipinski definition) is 3. The summed E-state index contributed by atoms with van der Waals surface area (Å²) < 4.78 is 25.8. The molecule has 2 aromatic carbocycles. The van der Waals surface area contributed by atoms with E-state index in [0.29, 0.717) is 12.1 Å². The van der Waals surface area contributed by atoms with Crippen LogP contribution in [-0.2, 0) is 14.8 Å². The molecule has 0 aliphatic heterocycles. The molecular weight excluding hydrogens is 372 g/mol. The molecule has 1 amide bonds. The standard InChI is InChI=1S/C22H30N2O3S/c1-5-20(19-14-12-17(2)13-15-19)23-22(25)11-8-16-24(28(4,26)27)21-10-7-6-9-18(21)3/h6-7,9-10,12-15,20H,5,8,11,16H2,1-4H3,(H,23,25)/t20-/m1/s1. The quantitative estimate of drug-likeness (QED) is 0.686. The highest BCUT2D eigenvalue weighted by molar-refractivity contribution is 7.92. The molecule has 0 saturated heterocycles. The van der Waals surface area contributed by atoms with Crippen molar-refractivity contribution in [1.82, 2.24) is 5.32 Å². The van der Waals surface area contributed by atoms with Gasteiger partial charge in [0.15, 0.2) is 0 Å². The molecule has 28 heavy (non-hydrogen) atoms. The van der Waals surface area contributed by atoms with Crippen molar-refractivity contribution < 1.29 is 13.2 Å². The molecule has 0 radical (unpaired) electrons. The Morgan fingerprint density at radius 1 is 1.07 bits per heavy atom. The van der Waals surface area contributed by atoms with Crippen LogP contribution < -0.4 is 9.62 Å². The largest absolute Gasteiger partial charge is 0.349 e. The molecule has 0 bridgehead atoms. The lowest BCUT2D eigenvalue weighted by Gasteiger charge is -2.24. The Labute approximate surface area is 168 Å². The van der Waals surface area contributed by atoms with Gasteiger partial charge in [0.05, 0.1) is 18.0 Å². The fraction of sp³-hybridized carbons (Fsp3) is 0.409. The number of anilines is 1. The maximum absolute atomic E-state index is 12.4. The second-order valence-corrected chi connectivity index (χ2v) is 9.07. The molecule has 0 heterocycles. The van der Waals surface area contributed by atoms with E-state index in [1.807, 2.05) is 63.2 Å². The van der Waals surface area contributed by atoms with Gasteiger partial charge in [0, 0.05) is 13.0 Å². The van der Waals surface area contributed by atoms with E-state index in [9.17, 15) is 13.2 Å². The number of para-hydroxylation sites is 1. The smallest absolute Gasteiger partial charge is 0.232 e. The Hall–Kier alpha value is -2.34. The van der Waals surface area contributed by atoms with Crippen LogP contribution in [0.25, 0.3) is 0 Å². The monoisotopic (exact) mass is 402 g/mol. The molecule has 0 unspecified atom stereocenters. The normalized spacial score (nSPS) is 12.4. The highest BCUT2D eigenvalue weighted by Gasteiger charge is 2.19. The van der Waals surface area contributed by atoms with Crippen LogP contribution in [0.2, 0.25) is 0 Å². The van der Waals surface area contributed by atoms with Crippen LogP contribution in [0.5, 0.6) is 0 Å². The molecule has 0 aromatic heterocycles. The Kier molecular flexibility index (Phi) is 7.63. The second-order valence-electron chi connectivity index (χ2n) is 7.16. The van der Waals surface area contributed by atoms with Crippen LogP contribution in [0.3, 0.4) is 0 Å². The van der Waals surface area contributed by atoms with Crippen molar-refractivity contribution in [2.24, 2.45) is 0 Å². The van der Waals surface area contributed by atoms with Gasteiger partial charge in [-0.15, -0.1) is 0 Å². The first-order valence-electron chi connectivity index (χ1n) is 9.61. The number of amides is 1.